The quantitative estimate of drug-likeness (QED) is 0.295. The lowest BCUT2D eigenvalue weighted by Gasteiger charge is -2.26. The van der Waals surface area contributed by atoms with Crippen LogP contribution in [0.5, 0.6) is 17.2 Å². The largest absolute Gasteiger partial charge is 0.573 e. The van der Waals surface area contributed by atoms with Crippen LogP contribution in [0.15, 0.2) is 60.7 Å². The van der Waals surface area contributed by atoms with Gasteiger partial charge in [0.1, 0.15) is 23.3 Å². The normalized spacial score (nSPS) is 18.3. The summed E-state index contributed by atoms with van der Waals surface area (Å²) in [6.45, 7) is 0.490. The zero-order chi connectivity index (χ0) is 29.3. The van der Waals surface area contributed by atoms with Crippen molar-refractivity contribution in [3.8, 4) is 17.2 Å². The molecule has 0 spiro atoms. The summed E-state index contributed by atoms with van der Waals surface area (Å²) in [5, 5.41) is 12.8. The molecule has 1 unspecified atom stereocenters. The van der Waals surface area contributed by atoms with E-state index in [9.17, 15) is 22.8 Å². The van der Waals surface area contributed by atoms with Crippen molar-refractivity contribution in [2.45, 2.75) is 25.2 Å². The minimum absolute atomic E-state index is 0.0834. The summed E-state index contributed by atoms with van der Waals surface area (Å²) in [4.78, 5) is 26.6. The number of methoxy groups -OCH3 is 1. The van der Waals surface area contributed by atoms with E-state index in [1.54, 1.807) is 42.5 Å². The second kappa shape index (κ2) is 11.4. The van der Waals surface area contributed by atoms with Crippen molar-refractivity contribution >= 4 is 34.9 Å². The SMILES string of the molecule is COc1cc(NC(C(=O)N2CCc3ccc(OC(F)(F)F)cc32)c2ccc(Cl)cc2)cc(OC[C@H]2C[C@@H]2C(=O)O)c1. The van der Waals surface area contributed by atoms with Crippen molar-refractivity contribution in [2.24, 2.45) is 11.8 Å². The number of hydrogen-bond acceptors (Lipinski definition) is 6. The molecule has 1 amide bonds. The number of aliphatic carboxylic acids is 1. The van der Waals surface area contributed by atoms with Gasteiger partial charge < -0.3 is 29.5 Å². The van der Waals surface area contributed by atoms with Gasteiger partial charge in [0, 0.05) is 47.4 Å². The van der Waals surface area contributed by atoms with E-state index in [-0.39, 0.29) is 19.1 Å². The molecular formula is C29H26ClF3N2O6. The number of halogens is 4. The Morgan fingerprint density at radius 3 is 2.46 bits per heavy atom. The summed E-state index contributed by atoms with van der Waals surface area (Å²) in [6.07, 6.45) is -3.85. The maximum Gasteiger partial charge on any atom is 0.573 e. The first kappa shape index (κ1) is 28.4. The second-order valence-electron chi connectivity index (χ2n) is 9.86. The number of carboxylic acid groups (broad SMARTS) is 1. The van der Waals surface area contributed by atoms with E-state index in [2.05, 4.69) is 10.1 Å². The fraction of sp³-hybridized carbons (Fsp3) is 0.310. The van der Waals surface area contributed by atoms with Crippen molar-refractivity contribution in [3.63, 3.8) is 0 Å². The molecule has 0 saturated heterocycles. The molecule has 1 aliphatic carbocycles. The first-order chi connectivity index (χ1) is 19.5. The number of carboxylic acids is 1. The van der Waals surface area contributed by atoms with Crippen molar-refractivity contribution in [2.75, 3.05) is 30.5 Å². The van der Waals surface area contributed by atoms with Crippen LogP contribution in [0.25, 0.3) is 0 Å². The maximum absolute atomic E-state index is 14.0. The van der Waals surface area contributed by atoms with Gasteiger partial charge in [-0.2, -0.15) is 0 Å². The Balaban J connectivity index is 1.42. The van der Waals surface area contributed by atoms with E-state index in [0.29, 0.717) is 46.3 Å². The number of anilines is 2. The van der Waals surface area contributed by atoms with Gasteiger partial charge >= 0.3 is 12.3 Å². The van der Waals surface area contributed by atoms with Crippen LogP contribution in [0.1, 0.15) is 23.6 Å². The van der Waals surface area contributed by atoms with Gasteiger partial charge in [0.15, 0.2) is 0 Å². The summed E-state index contributed by atoms with van der Waals surface area (Å²) in [6, 6.07) is 14.7. The summed E-state index contributed by atoms with van der Waals surface area (Å²) < 4.78 is 53.9. The van der Waals surface area contributed by atoms with Crippen molar-refractivity contribution in [1.82, 2.24) is 0 Å². The van der Waals surface area contributed by atoms with E-state index < -0.39 is 35.9 Å². The number of nitrogens with zero attached hydrogens (tertiary/aromatic N) is 1. The van der Waals surface area contributed by atoms with Gasteiger partial charge in [0.05, 0.1) is 25.3 Å². The highest BCUT2D eigenvalue weighted by atomic mass is 35.5. The third-order valence-electron chi connectivity index (χ3n) is 7.03. The molecule has 0 radical (unpaired) electrons. The molecule has 8 nitrogen and oxygen atoms in total. The van der Waals surface area contributed by atoms with Crippen LogP contribution in [-0.2, 0) is 16.0 Å². The summed E-state index contributed by atoms with van der Waals surface area (Å²) in [5.41, 5.74) is 2.11. The molecule has 0 aromatic heterocycles. The van der Waals surface area contributed by atoms with Gasteiger partial charge in [-0.05, 0) is 42.2 Å². The predicted molar refractivity (Wildman–Crippen MR) is 145 cm³/mol. The Labute approximate surface area is 238 Å². The minimum Gasteiger partial charge on any atom is -0.497 e. The number of carbonyl (C=O) groups is 2. The number of benzene rings is 3. The highest BCUT2D eigenvalue weighted by molar-refractivity contribution is 6.30. The molecule has 1 aliphatic heterocycles. The Bertz CT molecular complexity index is 1450. The predicted octanol–water partition coefficient (Wildman–Crippen LogP) is 6.09. The molecule has 3 atom stereocenters. The van der Waals surface area contributed by atoms with Crippen LogP contribution in [0.4, 0.5) is 24.5 Å². The molecule has 3 aromatic rings. The second-order valence-corrected chi connectivity index (χ2v) is 10.3. The van der Waals surface area contributed by atoms with Crippen LogP contribution in [0.3, 0.4) is 0 Å². The fourth-order valence-corrected chi connectivity index (χ4v) is 4.97. The number of alkyl halides is 3. The molecule has 0 bridgehead atoms. The molecule has 12 heteroatoms. The lowest BCUT2D eigenvalue weighted by Crippen LogP contribution is -2.37. The van der Waals surface area contributed by atoms with Crippen LogP contribution in [0.2, 0.25) is 5.02 Å². The smallest absolute Gasteiger partial charge is 0.497 e. The van der Waals surface area contributed by atoms with Crippen molar-refractivity contribution < 1.29 is 42.1 Å². The number of rotatable bonds is 10. The number of amides is 1. The molecule has 2 N–H and O–H groups in total. The lowest BCUT2D eigenvalue weighted by molar-refractivity contribution is -0.274. The number of ether oxygens (including phenoxy) is 3. The molecule has 3 aromatic carbocycles. The number of nitrogens with one attached hydrogen (secondary N) is 1. The first-order valence-corrected chi connectivity index (χ1v) is 13.2. The molecule has 41 heavy (non-hydrogen) atoms. The van der Waals surface area contributed by atoms with Crippen LogP contribution in [0, 0.1) is 11.8 Å². The molecule has 1 fully saturated rings. The molecule has 2 aliphatic rings. The monoisotopic (exact) mass is 590 g/mol. The standard InChI is InChI=1S/C29H26ClF3N2O6/c1-39-22-11-20(12-23(13-22)40-15-18-10-24(18)28(37)38)34-26(17-2-5-19(30)6-3-17)27(36)35-9-8-16-4-7-21(14-25(16)35)41-29(31,32)33/h2-7,11-14,18,24,26,34H,8-10,15H2,1H3,(H,37,38)/t18-,24+,26?/m1/s1. The minimum atomic E-state index is -4.87. The molecule has 1 heterocycles. The zero-order valence-electron chi connectivity index (χ0n) is 21.8. The fourth-order valence-electron chi connectivity index (χ4n) is 4.84. The van der Waals surface area contributed by atoms with Crippen molar-refractivity contribution in [1.29, 1.82) is 0 Å². The van der Waals surface area contributed by atoms with Gasteiger partial charge in [0.25, 0.3) is 5.91 Å². The highest BCUT2D eigenvalue weighted by Gasteiger charge is 2.43. The van der Waals surface area contributed by atoms with E-state index in [0.717, 1.165) is 5.56 Å². The molecular weight excluding hydrogens is 565 g/mol. The number of fused-ring (bicyclic) bond motifs is 1. The average molecular weight is 591 g/mol. The third kappa shape index (κ3) is 6.79. The van der Waals surface area contributed by atoms with Crippen LogP contribution >= 0.6 is 11.6 Å². The number of carbonyl (C=O) groups excluding carboxylic acids is 1. The topological polar surface area (TPSA) is 97.3 Å². The zero-order valence-corrected chi connectivity index (χ0v) is 22.5. The molecule has 1 saturated carbocycles. The van der Waals surface area contributed by atoms with Gasteiger partial charge in [-0.25, -0.2) is 0 Å². The van der Waals surface area contributed by atoms with Gasteiger partial charge in [0.2, 0.25) is 0 Å². The van der Waals surface area contributed by atoms with E-state index in [1.807, 2.05) is 0 Å². The Morgan fingerprint density at radius 1 is 1.07 bits per heavy atom. The molecule has 5 rings (SSSR count). The Kier molecular flexibility index (Phi) is 7.90. The van der Waals surface area contributed by atoms with Crippen molar-refractivity contribution in [3.05, 3.63) is 76.8 Å². The van der Waals surface area contributed by atoms with E-state index >= 15 is 0 Å². The van der Waals surface area contributed by atoms with Gasteiger partial charge in [-0.15, -0.1) is 13.2 Å². The van der Waals surface area contributed by atoms with Gasteiger partial charge in [-0.1, -0.05) is 29.8 Å². The number of hydrogen-bond donors (Lipinski definition) is 2. The lowest BCUT2D eigenvalue weighted by atomic mass is 10.0. The third-order valence-corrected chi connectivity index (χ3v) is 7.28. The highest BCUT2D eigenvalue weighted by Crippen LogP contribution is 2.40. The van der Waals surface area contributed by atoms with E-state index in [4.69, 9.17) is 26.2 Å². The summed E-state index contributed by atoms with van der Waals surface area (Å²) in [7, 11) is 1.48. The van der Waals surface area contributed by atoms with E-state index in [1.165, 1.54) is 30.2 Å². The average Bonchev–Trinajstić information content (AvgIpc) is 3.60. The Morgan fingerprint density at radius 2 is 1.80 bits per heavy atom. The maximum atomic E-state index is 14.0. The van der Waals surface area contributed by atoms with Gasteiger partial charge in [-0.3, -0.25) is 9.59 Å². The first-order valence-electron chi connectivity index (χ1n) is 12.8. The summed E-state index contributed by atoms with van der Waals surface area (Å²) in [5.74, 6) is -1.30. The molecule has 216 valence electrons. The Hall–Kier alpha value is -4.12. The summed E-state index contributed by atoms with van der Waals surface area (Å²) >= 11 is 6.08. The van der Waals surface area contributed by atoms with Crippen LogP contribution in [-0.4, -0.2) is 43.6 Å². The van der Waals surface area contributed by atoms with Crippen LogP contribution < -0.4 is 24.4 Å².